The topological polar surface area (TPSA) is 71.8 Å². The standard InChI is InChI=1S/C19H22N2O4/c1-20-18(22)15-6-4-14(5-7-15)11-21(12-17-3-2-9-25-17)19(23)16-8-10-24-13-16/h2-7,9,16H,8,10-13H2,1H3,(H,20,22)/t16-/m0/s1. The van der Waals surface area contributed by atoms with Gasteiger partial charge in [-0.3, -0.25) is 9.59 Å². The molecular formula is C19H22N2O4. The van der Waals surface area contributed by atoms with E-state index in [-0.39, 0.29) is 17.7 Å². The smallest absolute Gasteiger partial charge is 0.251 e. The molecule has 2 aromatic rings. The molecule has 1 aliphatic rings. The van der Waals surface area contributed by atoms with Gasteiger partial charge in [-0.1, -0.05) is 12.1 Å². The fourth-order valence-electron chi connectivity index (χ4n) is 2.92. The number of ether oxygens (including phenoxy) is 1. The summed E-state index contributed by atoms with van der Waals surface area (Å²) in [6.07, 6.45) is 2.36. The molecule has 6 heteroatoms. The minimum atomic E-state index is -0.127. The van der Waals surface area contributed by atoms with Crippen molar-refractivity contribution in [3.05, 3.63) is 59.5 Å². The summed E-state index contributed by atoms with van der Waals surface area (Å²) in [5.74, 6) is 0.594. The van der Waals surface area contributed by atoms with E-state index in [9.17, 15) is 9.59 Å². The van der Waals surface area contributed by atoms with E-state index in [1.54, 1.807) is 30.3 Å². The average molecular weight is 342 g/mol. The number of carbonyl (C=O) groups is 2. The molecule has 1 saturated heterocycles. The fourth-order valence-corrected chi connectivity index (χ4v) is 2.92. The van der Waals surface area contributed by atoms with Crippen molar-refractivity contribution in [1.29, 1.82) is 0 Å². The molecule has 1 aromatic heterocycles. The number of hydrogen-bond acceptors (Lipinski definition) is 4. The highest BCUT2D eigenvalue weighted by Gasteiger charge is 2.28. The Labute approximate surface area is 146 Å². The lowest BCUT2D eigenvalue weighted by Crippen LogP contribution is -2.35. The first-order valence-corrected chi connectivity index (χ1v) is 8.37. The van der Waals surface area contributed by atoms with Crippen molar-refractivity contribution >= 4 is 11.8 Å². The molecule has 3 rings (SSSR count). The number of nitrogens with one attached hydrogen (secondary N) is 1. The van der Waals surface area contributed by atoms with Crippen LogP contribution in [0.15, 0.2) is 47.1 Å². The largest absolute Gasteiger partial charge is 0.467 e. The maximum atomic E-state index is 12.8. The molecule has 0 aliphatic carbocycles. The highest BCUT2D eigenvalue weighted by Crippen LogP contribution is 2.20. The molecule has 2 heterocycles. The quantitative estimate of drug-likeness (QED) is 0.874. The van der Waals surface area contributed by atoms with Gasteiger partial charge in [0.05, 0.1) is 25.3 Å². The van der Waals surface area contributed by atoms with Crippen molar-refractivity contribution in [2.24, 2.45) is 5.92 Å². The molecule has 0 unspecified atom stereocenters. The van der Waals surface area contributed by atoms with E-state index in [4.69, 9.17) is 9.15 Å². The van der Waals surface area contributed by atoms with E-state index in [1.807, 2.05) is 24.3 Å². The second-order valence-electron chi connectivity index (χ2n) is 6.11. The summed E-state index contributed by atoms with van der Waals surface area (Å²) in [5, 5.41) is 2.60. The summed E-state index contributed by atoms with van der Waals surface area (Å²) in [7, 11) is 1.60. The van der Waals surface area contributed by atoms with Crippen LogP contribution in [0.4, 0.5) is 0 Å². The Hall–Kier alpha value is -2.60. The van der Waals surface area contributed by atoms with Gasteiger partial charge < -0.3 is 19.4 Å². The van der Waals surface area contributed by atoms with E-state index in [0.717, 1.165) is 17.7 Å². The molecule has 0 saturated carbocycles. The van der Waals surface area contributed by atoms with Crippen LogP contribution < -0.4 is 5.32 Å². The first-order valence-electron chi connectivity index (χ1n) is 8.37. The average Bonchev–Trinajstić information content (AvgIpc) is 3.34. The van der Waals surface area contributed by atoms with Crippen LogP contribution in [-0.2, 0) is 22.6 Å². The third-order valence-electron chi connectivity index (χ3n) is 4.33. The molecule has 2 amide bonds. The van der Waals surface area contributed by atoms with Crippen LogP contribution >= 0.6 is 0 Å². The van der Waals surface area contributed by atoms with Crippen LogP contribution in [0.25, 0.3) is 0 Å². The van der Waals surface area contributed by atoms with Crippen molar-refractivity contribution in [2.75, 3.05) is 20.3 Å². The Morgan fingerprint density at radius 2 is 2.00 bits per heavy atom. The van der Waals surface area contributed by atoms with Gasteiger partial charge in [-0.25, -0.2) is 0 Å². The zero-order valence-corrected chi connectivity index (χ0v) is 14.2. The van der Waals surface area contributed by atoms with Crippen molar-refractivity contribution in [3.8, 4) is 0 Å². The molecule has 1 aliphatic heterocycles. The van der Waals surface area contributed by atoms with Gasteiger partial charge in [-0.05, 0) is 36.2 Å². The summed E-state index contributed by atoms with van der Waals surface area (Å²) in [6, 6.07) is 11.0. The van der Waals surface area contributed by atoms with Gasteiger partial charge >= 0.3 is 0 Å². The normalized spacial score (nSPS) is 16.6. The Morgan fingerprint density at radius 1 is 1.20 bits per heavy atom. The van der Waals surface area contributed by atoms with Crippen LogP contribution in [0.1, 0.15) is 28.1 Å². The molecule has 0 bridgehead atoms. The lowest BCUT2D eigenvalue weighted by molar-refractivity contribution is -0.137. The third kappa shape index (κ3) is 4.28. The van der Waals surface area contributed by atoms with Crippen molar-refractivity contribution in [1.82, 2.24) is 10.2 Å². The molecular weight excluding hydrogens is 320 g/mol. The van der Waals surface area contributed by atoms with Gasteiger partial charge in [0.15, 0.2) is 0 Å². The minimum absolute atomic E-state index is 0.0734. The van der Waals surface area contributed by atoms with Gasteiger partial charge in [-0.15, -0.1) is 0 Å². The van der Waals surface area contributed by atoms with Gasteiger partial charge in [0.25, 0.3) is 5.91 Å². The minimum Gasteiger partial charge on any atom is -0.467 e. The highest BCUT2D eigenvalue weighted by atomic mass is 16.5. The summed E-state index contributed by atoms with van der Waals surface area (Å²) >= 11 is 0. The van der Waals surface area contributed by atoms with Crippen LogP contribution in [-0.4, -0.2) is 37.0 Å². The highest BCUT2D eigenvalue weighted by molar-refractivity contribution is 5.93. The molecule has 1 atom stereocenters. The molecule has 6 nitrogen and oxygen atoms in total. The number of rotatable bonds is 6. The van der Waals surface area contributed by atoms with E-state index in [2.05, 4.69) is 5.32 Å². The van der Waals surface area contributed by atoms with Crippen molar-refractivity contribution in [3.63, 3.8) is 0 Å². The maximum Gasteiger partial charge on any atom is 0.251 e. The van der Waals surface area contributed by atoms with Gasteiger partial charge in [-0.2, -0.15) is 0 Å². The maximum absolute atomic E-state index is 12.8. The predicted octanol–water partition coefficient (Wildman–Crippen LogP) is 2.20. The summed E-state index contributed by atoms with van der Waals surface area (Å²) in [6.45, 7) is 1.98. The van der Waals surface area contributed by atoms with E-state index >= 15 is 0 Å². The second kappa shape index (κ2) is 7.98. The summed E-state index contributed by atoms with van der Waals surface area (Å²) in [4.78, 5) is 26.3. The van der Waals surface area contributed by atoms with Crippen molar-refractivity contribution in [2.45, 2.75) is 19.5 Å². The number of benzene rings is 1. The number of carbonyl (C=O) groups excluding carboxylic acids is 2. The van der Waals surface area contributed by atoms with E-state index < -0.39 is 0 Å². The lowest BCUT2D eigenvalue weighted by atomic mass is 10.1. The van der Waals surface area contributed by atoms with E-state index in [1.165, 1.54) is 0 Å². The van der Waals surface area contributed by atoms with Gasteiger partial charge in [0.1, 0.15) is 5.76 Å². The second-order valence-corrected chi connectivity index (χ2v) is 6.11. The van der Waals surface area contributed by atoms with Crippen molar-refractivity contribution < 1.29 is 18.7 Å². The SMILES string of the molecule is CNC(=O)c1ccc(CN(Cc2ccco2)C(=O)[C@H]2CCOC2)cc1. The van der Waals surface area contributed by atoms with Crippen LogP contribution in [0.2, 0.25) is 0 Å². The Bertz CT molecular complexity index is 704. The Balaban J connectivity index is 1.74. The van der Waals surface area contributed by atoms with Crippen LogP contribution in [0, 0.1) is 5.92 Å². The van der Waals surface area contributed by atoms with Gasteiger partial charge in [0, 0.05) is 25.8 Å². The number of furan rings is 1. The van der Waals surface area contributed by atoms with Crippen LogP contribution in [0.5, 0.6) is 0 Å². The molecule has 1 aromatic carbocycles. The monoisotopic (exact) mass is 342 g/mol. The van der Waals surface area contributed by atoms with Gasteiger partial charge in [0.2, 0.25) is 5.91 Å². The first kappa shape index (κ1) is 17.2. The molecule has 0 spiro atoms. The third-order valence-corrected chi connectivity index (χ3v) is 4.33. The predicted molar refractivity (Wildman–Crippen MR) is 91.7 cm³/mol. The number of hydrogen-bond donors (Lipinski definition) is 1. The Morgan fingerprint density at radius 3 is 2.60 bits per heavy atom. The number of amides is 2. The molecule has 1 N–H and O–H groups in total. The summed E-state index contributed by atoms with van der Waals surface area (Å²) < 4.78 is 10.8. The summed E-state index contributed by atoms with van der Waals surface area (Å²) in [5.41, 5.74) is 1.56. The Kier molecular flexibility index (Phi) is 5.50. The zero-order valence-electron chi connectivity index (χ0n) is 14.2. The molecule has 1 fully saturated rings. The van der Waals surface area contributed by atoms with E-state index in [0.29, 0.717) is 31.9 Å². The first-order chi connectivity index (χ1) is 12.2. The van der Waals surface area contributed by atoms with Crippen LogP contribution in [0.3, 0.4) is 0 Å². The zero-order chi connectivity index (χ0) is 17.6. The molecule has 0 radical (unpaired) electrons. The fraction of sp³-hybridized carbons (Fsp3) is 0.368. The lowest BCUT2D eigenvalue weighted by Gasteiger charge is -2.24. The number of nitrogens with zero attached hydrogens (tertiary/aromatic N) is 1. The molecule has 132 valence electrons. The molecule has 25 heavy (non-hydrogen) atoms.